The Morgan fingerprint density at radius 1 is 1.33 bits per heavy atom. The van der Waals surface area contributed by atoms with E-state index >= 15 is 0 Å². The molecule has 0 amide bonds. The second kappa shape index (κ2) is 7.36. The summed E-state index contributed by atoms with van der Waals surface area (Å²) in [6.07, 6.45) is 1.20. The van der Waals surface area contributed by atoms with Crippen LogP contribution in [-0.4, -0.2) is 67.8 Å². The molecule has 2 N–H and O–H groups in total. The molecule has 4 nitrogen and oxygen atoms in total. The molecule has 0 aliphatic carbocycles. The number of nitrogens with one attached hydrogen (secondary N) is 1. The summed E-state index contributed by atoms with van der Waals surface area (Å²) in [5.41, 5.74) is 0.805. The molecule has 0 radical (unpaired) electrons. The Hall–Kier alpha value is -0.940. The van der Waals surface area contributed by atoms with Crippen LogP contribution in [0, 0.1) is 0 Å². The lowest BCUT2D eigenvalue weighted by Gasteiger charge is -2.37. The molecular formula is C17H29N3O. The molecule has 1 aliphatic rings. The Morgan fingerprint density at radius 3 is 2.57 bits per heavy atom. The average molecular weight is 291 g/mol. The van der Waals surface area contributed by atoms with E-state index < -0.39 is 0 Å². The second-order valence-electron chi connectivity index (χ2n) is 6.28. The third-order valence-electron chi connectivity index (χ3n) is 4.58. The van der Waals surface area contributed by atoms with E-state index in [-0.39, 0.29) is 12.1 Å². The van der Waals surface area contributed by atoms with Crippen molar-refractivity contribution in [2.75, 3.05) is 46.9 Å². The van der Waals surface area contributed by atoms with Crippen LogP contribution in [0.3, 0.4) is 0 Å². The topological polar surface area (TPSA) is 38.7 Å². The molecule has 21 heavy (non-hydrogen) atoms. The van der Waals surface area contributed by atoms with Gasteiger partial charge in [-0.25, -0.2) is 0 Å². The Labute approximate surface area is 128 Å². The van der Waals surface area contributed by atoms with Crippen LogP contribution in [0.1, 0.15) is 18.9 Å². The van der Waals surface area contributed by atoms with Gasteiger partial charge in [0.2, 0.25) is 0 Å². The van der Waals surface area contributed by atoms with Gasteiger partial charge in [0.1, 0.15) is 0 Å². The van der Waals surface area contributed by atoms with Crippen molar-refractivity contribution in [2.24, 2.45) is 0 Å². The van der Waals surface area contributed by atoms with Gasteiger partial charge in [0.25, 0.3) is 0 Å². The number of rotatable bonds is 7. The van der Waals surface area contributed by atoms with Gasteiger partial charge in [0, 0.05) is 19.1 Å². The Bertz CT molecular complexity index is 423. The number of benzene rings is 1. The normalized spacial score (nSPS) is 22.6. The molecule has 0 spiro atoms. The van der Waals surface area contributed by atoms with Crippen molar-refractivity contribution in [1.29, 1.82) is 0 Å². The molecule has 1 aromatic carbocycles. The molecule has 0 bridgehead atoms. The zero-order valence-electron chi connectivity index (χ0n) is 13.5. The van der Waals surface area contributed by atoms with Crippen molar-refractivity contribution < 1.29 is 5.11 Å². The summed E-state index contributed by atoms with van der Waals surface area (Å²) >= 11 is 0. The van der Waals surface area contributed by atoms with Crippen LogP contribution in [0.2, 0.25) is 0 Å². The quantitative estimate of drug-likeness (QED) is 0.790. The third-order valence-corrected chi connectivity index (χ3v) is 4.58. The molecule has 0 aromatic heterocycles. The molecule has 1 heterocycles. The first kappa shape index (κ1) is 16.4. The largest absolute Gasteiger partial charge is 0.394 e. The van der Waals surface area contributed by atoms with Gasteiger partial charge in [-0.2, -0.15) is 0 Å². The molecule has 0 saturated carbocycles. The predicted molar refractivity (Wildman–Crippen MR) is 87.4 cm³/mol. The number of hydrogen-bond donors (Lipinski definition) is 2. The Morgan fingerprint density at radius 2 is 2.05 bits per heavy atom. The van der Waals surface area contributed by atoms with Crippen LogP contribution in [0.15, 0.2) is 30.3 Å². The minimum absolute atomic E-state index is 0.119. The fourth-order valence-electron chi connectivity index (χ4n) is 3.30. The minimum Gasteiger partial charge on any atom is -0.394 e. The van der Waals surface area contributed by atoms with Gasteiger partial charge >= 0.3 is 0 Å². The zero-order valence-corrected chi connectivity index (χ0v) is 13.5. The van der Waals surface area contributed by atoms with Gasteiger partial charge in [0.15, 0.2) is 0 Å². The number of aliphatic hydroxyl groups excluding tert-OH is 1. The van der Waals surface area contributed by atoms with Crippen molar-refractivity contribution in [3.63, 3.8) is 0 Å². The first-order valence-electron chi connectivity index (χ1n) is 7.91. The highest BCUT2D eigenvalue weighted by Gasteiger charge is 2.35. The molecule has 4 heteroatoms. The van der Waals surface area contributed by atoms with Crippen molar-refractivity contribution in [1.82, 2.24) is 15.1 Å². The van der Waals surface area contributed by atoms with Gasteiger partial charge in [-0.05, 0) is 39.2 Å². The third kappa shape index (κ3) is 3.83. The van der Waals surface area contributed by atoms with Crippen LogP contribution in [0.25, 0.3) is 0 Å². The van der Waals surface area contributed by atoms with Gasteiger partial charge in [-0.3, -0.25) is 4.90 Å². The lowest BCUT2D eigenvalue weighted by atomic mass is 9.90. The molecule has 1 aliphatic heterocycles. The first-order valence-corrected chi connectivity index (χ1v) is 7.91. The van der Waals surface area contributed by atoms with E-state index in [1.54, 1.807) is 0 Å². The van der Waals surface area contributed by atoms with E-state index in [0.717, 1.165) is 26.2 Å². The fraction of sp³-hybridized carbons (Fsp3) is 0.647. The number of likely N-dealkylation sites (tertiary alicyclic amines) is 1. The van der Waals surface area contributed by atoms with Crippen molar-refractivity contribution in [2.45, 2.75) is 24.9 Å². The highest BCUT2D eigenvalue weighted by atomic mass is 16.3. The fourth-order valence-corrected chi connectivity index (χ4v) is 3.30. The van der Waals surface area contributed by atoms with Gasteiger partial charge < -0.3 is 15.3 Å². The summed E-state index contributed by atoms with van der Waals surface area (Å²) in [4.78, 5) is 4.77. The van der Waals surface area contributed by atoms with E-state index in [4.69, 9.17) is 0 Å². The molecule has 118 valence electrons. The van der Waals surface area contributed by atoms with Crippen LogP contribution < -0.4 is 5.32 Å². The van der Waals surface area contributed by atoms with E-state index in [1.165, 1.54) is 12.0 Å². The monoisotopic (exact) mass is 291 g/mol. The van der Waals surface area contributed by atoms with Crippen LogP contribution in [0.4, 0.5) is 0 Å². The summed E-state index contributed by atoms with van der Waals surface area (Å²) in [7, 11) is 4.30. The SMILES string of the molecule is CCNC(CO)(CN1CCC(N(C)C)C1)c1ccccc1. The van der Waals surface area contributed by atoms with E-state index in [1.807, 2.05) is 18.2 Å². The highest BCUT2D eigenvalue weighted by Crippen LogP contribution is 2.25. The van der Waals surface area contributed by atoms with E-state index in [9.17, 15) is 5.11 Å². The number of likely N-dealkylation sites (N-methyl/N-ethyl adjacent to an activating group) is 2. The smallest absolute Gasteiger partial charge is 0.0797 e. The molecule has 1 saturated heterocycles. The summed E-state index contributed by atoms with van der Waals surface area (Å²) in [5, 5.41) is 13.6. The average Bonchev–Trinajstić information content (AvgIpc) is 2.96. The molecule has 2 rings (SSSR count). The maximum absolute atomic E-state index is 10.1. The van der Waals surface area contributed by atoms with Crippen LogP contribution in [0.5, 0.6) is 0 Å². The lowest BCUT2D eigenvalue weighted by molar-refractivity contribution is 0.115. The maximum atomic E-state index is 10.1. The van der Waals surface area contributed by atoms with E-state index in [0.29, 0.717) is 6.04 Å². The molecule has 2 unspecified atom stereocenters. The molecule has 1 aromatic rings. The second-order valence-corrected chi connectivity index (χ2v) is 6.28. The summed E-state index contributed by atoms with van der Waals surface area (Å²) in [6.45, 7) is 6.09. The Balaban J connectivity index is 2.14. The van der Waals surface area contributed by atoms with Gasteiger partial charge in [0.05, 0.1) is 12.1 Å². The predicted octanol–water partition coefficient (Wildman–Crippen LogP) is 1.12. The van der Waals surface area contributed by atoms with E-state index in [2.05, 4.69) is 48.3 Å². The zero-order chi connectivity index (χ0) is 15.3. The van der Waals surface area contributed by atoms with Crippen molar-refractivity contribution >= 4 is 0 Å². The standard InChI is InChI=1S/C17H29N3O/c1-4-18-17(14-21,15-8-6-5-7-9-15)13-20-11-10-16(12-20)19(2)3/h5-9,16,18,21H,4,10-14H2,1-3H3. The van der Waals surface area contributed by atoms with Gasteiger partial charge in [-0.15, -0.1) is 0 Å². The maximum Gasteiger partial charge on any atom is 0.0797 e. The number of nitrogens with zero attached hydrogens (tertiary/aromatic N) is 2. The molecule has 1 fully saturated rings. The van der Waals surface area contributed by atoms with Crippen LogP contribution in [-0.2, 0) is 5.54 Å². The first-order chi connectivity index (χ1) is 10.1. The Kier molecular flexibility index (Phi) is 5.76. The lowest BCUT2D eigenvalue weighted by Crippen LogP contribution is -2.53. The molecule has 2 atom stereocenters. The molecular weight excluding hydrogens is 262 g/mol. The van der Waals surface area contributed by atoms with Crippen LogP contribution >= 0.6 is 0 Å². The summed E-state index contributed by atoms with van der Waals surface area (Å²) in [5.74, 6) is 0. The van der Waals surface area contributed by atoms with Crippen molar-refractivity contribution in [3.8, 4) is 0 Å². The number of aliphatic hydroxyl groups is 1. The number of hydrogen-bond acceptors (Lipinski definition) is 4. The minimum atomic E-state index is -0.364. The summed E-state index contributed by atoms with van der Waals surface area (Å²) < 4.78 is 0. The van der Waals surface area contributed by atoms with Gasteiger partial charge in [-0.1, -0.05) is 37.3 Å². The highest BCUT2D eigenvalue weighted by molar-refractivity contribution is 5.25. The van der Waals surface area contributed by atoms with Crippen molar-refractivity contribution in [3.05, 3.63) is 35.9 Å². The summed E-state index contributed by atoms with van der Waals surface area (Å²) in [6, 6.07) is 11.0.